The molecule has 0 heterocycles. The Hall–Kier alpha value is -0.350. The fourth-order valence-electron chi connectivity index (χ4n) is 1.74. The van der Waals surface area contributed by atoms with Gasteiger partial charge in [-0.15, -0.1) is 0 Å². The van der Waals surface area contributed by atoms with E-state index in [2.05, 4.69) is 35.0 Å². The van der Waals surface area contributed by atoms with E-state index in [1.807, 2.05) is 12.1 Å². The highest BCUT2D eigenvalue weighted by Crippen LogP contribution is 2.30. The van der Waals surface area contributed by atoms with Gasteiger partial charge in [0.2, 0.25) is 0 Å². The number of sulfone groups is 1. The largest absolute Gasteiger partial charge is 0.229 e. The van der Waals surface area contributed by atoms with Crippen LogP contribution in [-0.4, -0.2) is 19.9 Å². The molecule has 4 heteroatoms. The molecule has 0 aromatic heterocycles. The van der Waals surface area contributed by atoms with Crippen molar-refractivity contribution < 1.29 is 8.42 Å². The van der Waals surface area contributed by atoms with Gasteiger partial charge in [0.05, 0.1) is 10.1 Å². The number of hydrogen-bond acceptors (Lipinski definition) is 2. The Labute approximate surface area is 119 Å². The molecular weight excluding hydrogens is 312 g/mol. The van der Waals surface area contributed by atoms with E-state index in [9.17, 15) is 8.42 Å². The molecular formula is C14H21BrO2S. The summed E-state index contributed by atoms with van der Waals surface area (Å²) in [6.45, 7) is 3.91. The Morgan fingerprint density at radius 2 is 1.78 bits per heavy atom. The first-order valence-corrected chi connectivity index (χ1v) is 9.15. The van der Waals surface area contributed by atoms with Crippen molar-refractivity contribution in [2.45, 2.75) is 43.2 Å². The average molecular weight is 333 g/mol. The monoisotopic (exact) mass is 332 g/mol. The summed E-state index contributed by atoms with van der Waals surface area (Å²) in [4.78, 5) is -0.146. The van der Waals surface area contributed by atoms with Crippen LogP contribution in [0.3, 0.4) is 0 Å². The molecule has 2 nitrogen and oxygen atoms in total. The summed E-state index contributed by atoms with van der Waals surface area (Å²) in [6.07, 6.45) is 4.75. The lowest BCUT2D eigenvalue weighted by Gasteiger charge is -2.17. The molecule has 18 heavy (non-hydrogen) atoms. The number of rotatable bonds is 6. The fraction of sp³-hybridized carbons (Fsp3) is 0.571. The normalized spacial score (nSPS) is 15.3. The van der Waals surface area contributed by atoms with Crippen LogP contribution in [0, 0.1) is 0 Å². The number of unbranched alkanes of at least 4 members (excludes halogenated alkanes) is 1. The molecule has 2 unspecified atom stereocenters. The van der Waals surface area contributed by atoms with Gasteiger partial charge in [0.15, 0.2) is 9.84 Å². The third-order valence-electron chi connectivity index (χ3n) is 3.20. The molecule has 1 rings (SSSR count). The van der Waals surface area contributed by atoms with Crippen molar-refractivity contribution in [2.75, 3.05) is 6.26 Å². The molecule has 0 aliphatic carbocycles. The second-order valence-corrected chi connectivity index (χ2v) is 8.17. The van der Waals surface area contributed by atoms with Gasteiger partial charge in [0.25, 0.3) is 0 Å². The van der Waals surface area contributed by atoms with Crippen molar-refractivity contribution in [1.82, 2.24) is 0 Å². The first-order chi connectivity index (χ1) is 8.36. The number of benzene rings is 1. The van der Waals surface area contributed by atoms with Gasteiger partial charge in [0.1, 0.15) is 0 Å². The van der Waals surface area contributed by atoms with Crippen molar-refractivity contribution in [3.05, 3.63) is 35.4 Å². The molecule has 0 spiro atoms. The summed E-state index contributed by atoms with van der Waals surface area (Å²) >= 11 is 3.49. The van der Waals surface area contributed by atoms with Crippen molar-refractivity contribution in [3.63, 3.8) is 0 Å². The van der Waals surface area contributed by atoms with Gasteiger partial charge < -0.3 is 0 Å². The zero-order chi connectivity index (χ0) is 13.8. The first kappa shape index (κ1) is 15.7. The molecule has 0 aliphatic rings. The lowest BCUT2D eigenvalue weighted by Crippen LogP contribution is -2.20. The van der Waals surface area contributed by atoms with Gasteiger partial charge in [-0.2, -0.15) is 0 Å². The number of aryl methyl sites for hydroxylation is 1. The molecule has 0 amide bonds. The summed E-state index contributed by atoms with van der Waals surface area (Å²) in [6, 6.07) is 8.22. The van der Waals surface area contributed by atoms with Gasteiger partial charge in [-0.1, -0.05) is 53.5 Å². The van der Waals surface area contributed by atoms with E-state index in [1.54, 1.807) is 6.92 Å². The van der Waals surface area contributed by atoms with E-state index in [1.165, 1.54) is 24.7 Å². The van der Waals surface area contributed by atoms with Crippen LogP contribution in [0.25, 0.3) is 0 Å². The highest BCUT2D eigenvalue weighted by atomic mass is 79.9. The Morgan fingerprint density at radius 3 is 2.22 bits per heavy atom. The molecule has 0 N–H and O–H groups in total. The van der Waals surface area contributed by atoms with E-state index in [-0.39, 0.29) is 4.83 Å². The maximum absolute atomic E-state index is 11.5. The minimum atomic E-state index is -3.02. The van der Waals surface area contributed by atoms with Gasteiger partial charge in [-0.3, -0.25) is 0 Å². The van der Waals surface area contributed by atoms with Crippen LogP contribution in [0.2, 0.25) is 0 Å². The SMILES string of the molecule is CCCCc1ccc(C(Br)C(C)S(C)(=O)=O)cc1. The summed E-state index contributed by atoms with van der Waals surface area (Å²) < 4.78 is 23.0. The molecule has 0 saturated carbocycles. The summed E-state index contributed by atoms with van der Waals surface area (Å²) in [7, 11) is -3.02. The minimum Gasteiger partial charge on any atom is -0.229 e. The summed E-state index contributed by atoms with van der Waals surface area (Å²) in [5, 5.41) is -0.418. The molecule has 0 bridgehead atoms. The van der Waals surface area contributed by atoms with Gasteiger partial charge >= 0.3 is 0 Å². The van der Waals surface area contributed by atoms with E-state index in [0.717, 1.165) is 12.0 Å². The maximum atomic E-state index is 11.5. The lowest BCUT2D eigenvalue weighted by molar-refractivity contribution is 0.588. The maximum Gasteiger partial charge on any atom is 0.151 e. The second-order valence-electron chi connectivity index (χ2n) is 4.78. The molecule has 1 aromatic carbocycles. The molecule has 0 saturated heterocycles. The summed E-state index contributed by atoms with van der Waals surface area (Å²) in [5.74, 6) is 0. The Bertz CT molecular complexity index is 465. The standard InChI is InChI=1S/C14H21BrO2S/c1-4-5-6-12-7-9-13(10-8-12)14(15)11(2)18(3,16)17/h7-11,14H,4-6H2,1-3H3. The second kappa shape index (κ2) is 6.71. The van der Waals surface area contributed by atoms with Crippen LogP contribution in [0.15, 0.2) is 24.3 Å². The molecule has 0 radical (unpaired) electrons. The van der Waals surface area contributed by atoms with Crippen molar-refractivity contribution in [2.24, 2.45) is 0 Å². The van der Waals surface area contributed by atoms with Crippen LogP contribution in [0.4, 0.5) is 0 Å². The predicted octanol–water partition coefficient (Wildman–Crippen LogP) is 3.90. The van der Waals surface area contributed by atoms with E-state index >= 15 is 0 Å². The van der Waals surface area contributed by atoms with E-state index in [4.69, 9.17) is 0 Å². The third kappa shape index (κ3) is 4.39. The quantitative estimate of drug-likeness (QED) is 0.740. The van der Waals surface area contributed by atoms with Crippen molar-refractivity contribution in [3.8, 4) is 0 Å². The molecule has 102 valence electrons. The predicted molar refractivity (Wildman–Crippen MR) is 81.0 cm³/mol. The zero-order valence-corrected chi connectivity index (χ0v) is 13.6. The Balaban J connectivity index is 2.79. The Kier molecular flexibility index (Phi) is 5.86. The minimum absolute atomic E-state index is 0.146. The van der Waals surface area contributed by atoms with Crippen LogP contribution >= 0.6 is 15.9 Å². The highest BCUT2D eigenvalue weighted by molar-refractivity contribution is 9.09. The topological polar surface area (TPSA) is 34.1 Å². The number of hydrogen-bond donors (Lipinski definition) is 0. The molecule has 1 aromatic rings. The average Bonchev–Trinajstić information content (AvgIpc) is 2.34. The van der Waals surface area contributed by atoms with Crippen molar-refractivity contribution in [1.29, 1.82) is 0 Å². The van der Waals surface area contributed by atoms with Crippen LogP contribution in [0.1, 0.15) is 42.6 Å². The fourth-order valence-corrected chi connectivity index (χ4v) is 3.81. The molecule has 0 aliphatic heterocycles. The third-order valence-corrected chi connectivity index (χ3v) is 6.50. The molecule has 0 fully saturated rings. The van der Waals surface area contributed by atoms with Gasteiger partial charge in [0, 0.05) is 6.26 Å². The number of halogens is 1. The van der Waals surface area contributed by atoms with Crippen LogP contribution < -0.4 is 0 Å². The molecule has 2 atom stereocenters. The van der Waals surface area contributed by atoms with Crippen molar-refractivity contribution >= 4 is 25.8 Å². The van der Waals surface area contributed by atoms with E-state index < -0.39 is 15.1 Å². The van der Waals surface area contributed by atoms with Crippen LogP contribution in [-0.2, 0) is 16.3 Å². The Morgan fingerprint density at radius 1 is 1.22 bits per heavy atom. The highest BCUT2D eigenvalue weighted by Gasteiger charge is 2.24. The summed E-state index contributed by atoms with van der Waals surface area (Å²) in [5.41, 5.74) is 2.33. The zero-order valence-electron chi connectivity index (χ0n) is 11.2. The van der Waals surface area contributed by atoms with E-state index in [0.29, 0.717) is 0 Å². The van der Waals surface area contributed by atoms with Crippen LogP contribution in [0.5, 0.6) is 0 Å². The number of alkyl halides is 1. The first-order valence-electron chi connectivity index (χ1n) is 6.28. The van der Waals surface area contributed by atoms with Gasteiger partial charge in [-0.25, -0.2) is 8.42 Å². The smallest absolute Gasteiger partial charge is 0.151 e. The lowest BCUT2D eigenvalue weighted by atomic mass is 10.0. The van der Waals surface area contributed by atoms with Gasteiger partial charge in [-0.05, 0) is 30.9 Å².